The molecule has 0 atom stereocenters. The molecule has 1 aromatic heterocycles. The van der Waals surface area contributed by atoms with Crippen LogP contribution >= 0.6 is 0 Å². The van der Waals surface area contributed by atoms with Gasteiger partial charge in [0.1, 0.15) is 5.52 Å². The lowest BCUT2D eigenvalue weighted by molar-refractivity contribution is 0.0601. The Morgan fingerprint density at radius 1 is 1.10 bits per heavy atom. The van der Waals surface area contributed by atoms with Crippen LogP contribution in [-0.4, -0.2) is 18.1 Å². The number of nitrogens with zero attached hydrogens (tertiary/aromatic N) is 1. The number of fused-ring (bicyclic) bond motifs is 1. The zero-order valence-electron chi connectivity index (χ0n) is 12.1. The number of ether oxygens (including phenoxy) is 1. The number of oxazole rings is 1. The smallest absolute Gasteiger partial charge is 0.337 e. The predicted molar refractivity (Wildman–Crippen MR) is 80.3 cm³/mol. The first-order chi connectivity index (χ1) is 10.1. The summed E-state index contributed by atoms with van der Waals surface area (Å²) < 4.78 is 10.5. The molecule has 0 saturated heterocycles. The fraction of sp³-hybridized carbons (Fsp3) is 0.176. The molecule has 0 fully saturated rings. The molecule has 106 valence electrons. The fourth-order valence-corrected chi connectivity index (χ4v) is 2.39. The third-order valence-corrected chi connectivity index (χ3v) is 3.28. The van der Waals surface area contributed by atoms with E-state index < -0.39 is 0 Å². The van der Waals surface area contributed by atoms with Crippen molar-refractivity contribution in [1.29, 1.82) is 0 Å². The maximum atomic E-state index is 11.5. The van der Waals surface area contributed by atoms with Gasteiger partial charge in [-0.05, 0) is 44.2 Å². The summed E-state index contributed by atoms with van der Waals surface area (Å²) in [6.07, 6.45) is 0. The summed E-state index contributed by atoms with van der Waals surface area (Å²) >= 11 is 0. The van der Waals surface area contributed by atoms with Gasteiger partial charge in [-0.1, -0.05) is 17.2 Å². The molecule has 4 nitrogen and oxygen atoms in total. The monoisotopic (exact) mass is 281 g/mol. The van der Waals surface area contributed by atoms with Crippen molar-refractivity contribution in [1.82, 2.24) is 4.98 Å². The SMILES string of the molecule is COC(=O)c1ccc2nc(-c3cc(C)cc(C)c3)oc2c1. The van der Waals surface area contributed by atoms with Crippen molar-refractivity contribution in [2.75, 3.05) is 7.11 Å². The van der Waals surface area contributed by atoms with Crippen LogP contribution in [-0.2, 0) is 4.74 Å². The third-order valence-electron chi connectivity index (χ3n) is 3.28. The molecule has 0 aliphatic carbocycles. The van der Waals surface area contributed by atoms with E-state index in [1.807, 2.05) is 26.0 Å². The van der Waals surface area contributed by atoms with Crippen LogP contribution in [0.5, 0.6) is 0 Å². The zero-order valence-corrected chi connectivity index (χ0v) is 12.1. The van der Waals surface area contributed by atoms with Crippen molar-refractivity contribution in [2.24, 2.45) is 0 Å². The number of carbonyl (C=O) groups excluding carboxylic acids is 1. The Kier molecular flexibility index (Phi) is 3.22. The normalized spacial score (nSPS) is 10.8. The molecular formula is C17H15NO3. The summed E-state index contributed by atoms with van der Waals surface area (Å²) in [7, 11) is 1.36. The Balaban J connectivity index is 2.10. The second-order valence-corrected chi connectivity index (χ2v) is 5.07. The maximum absolute atomic E-state index is 11.5. The Morgan fingerprint density at radius 2 is 1.81 bits per heavy atom. The van der Waals surface area contributed by atoms with Gasteiger partial charge in [-0.3, -0.25) is 0 Å². The molecule has 0 unspecified atom stereocenters. The number of aromatic nitrogens is 1. The standard InChI is InChI=1S/C17H15NO3/c1-10-6-11(2)8-13(7-10)16-18-14-5-4-12(17(19)20-3)9-15(14)21-16/h4-9H,1-3H3. The summed E-state index contributed by atoms with van der Waals surface area (Å²) in [6.45, 7) is 4.07. The number of rotatable bonds is 2. The van der Waals surface area contributed by atoms with Gasteiger partial charge in [0.15, 0.2) is 5.58 Å². The van der Waals surface area contributed by atoms with Crippen LogP contribution in [0.1, 0.15) is 21.5 Å². The number of carbonyl (C=O) groups is 1. The number of aryl methyl sites for hydroxylation is 2. The molecule has 2 aromatic carbocycles. The fourth-order valence-electron chi connectivity index (χ4n) is 2.39. The van der Waals surface area contributed by atoms with Crippen LogP contribution in [0.2, 0.25) is 0 Å². The molecule has 3 rings (SSSR count). The molecule has 1 heterocycles. The molecule has 4 heteroatoms. The van der Waals surface area contributed by atoms with Gasteiger partial charge in [0.25, 0.3) is 0 Å². The van der Waals surface area contributed by atoms with Gasteiger partial charge in [0.2, 0.25) is 5.89 Å². The van der Waals surface area contributed by atoms with E-state index >= 15 is 0 Å². The number of methoxy groups -OCH3 is 1. The van der Waals surface area contributed by atoms with Crippen molar-refractivity contribution in [2.45, 2.75) is 13.8 Å². The predicted octanol–water partition coefficient (Wildman–Crippen LogP) is 3.90. The maximum Gasteiger partial charge on any atom is 0.337 e. The molecule has 0 bridgehead atoms. The van der Waals surface area contributed by atoms with E-state index in [1.165, 1.54) is 7.11 Å². The van der Waals surface area contributed by atoms with E-state index in [9.17, 15) is 4.79 Å². The molecule has 0 radical (unpaired) electrons. The van der Waals surface area contributed by atoms with Crippen molar-refractivity contribution >= 4 is 17.1 Å². The minimum atomic E-state index is -0.388. The Bertz CT molecular complexity index is 813. The Morgan fingerprint density at radius 3 is 2.48 bits per heavy atom. The van der Waals surface area contributed by atoms with E-state index in [0.29, 0.717) is 17.0 Å². The summed E-state index contributed by atoms with van der Waals surface area (Å²) in [6, 6.07) is 11.2. The van der Waals surface area contributed by atoms with Crippen LogP contribution in [0.25, 0.3) is 22.6 Å². The van der Waals surface area contributed by atoms with Gasteiger partial charge in [0.05, 0.1) is 12.7 Å². The van der Waals surface area contributed by atoms with Crippen LogP contribution in [0.15, 0.2) is 40.8 Å². The molecule has 0 saturated carbocycles. The van der Waals surface area contributed by atoms with Gasteiger partial charge >= 0.3 is 5.97 Å². The summed E-state index contributed by atoms with van der Waals surface area (Å²) in [5.41, 5.74) is 4.99. The lowest BCUT2D eigenvalue weighted by atomic mass is 10.1. The molecule has 0 N–H and O–H groups in total. The second kappa shape index (κ2) is 5.05. The topological polar surface area (TPSA) is 52.3 Å². The van der Waals surface area contributed by atoms with Gasteiger partial charge in [0, 0.05) is 5.56 Å². The van der Waals surface area contributed by atoms with Gasteiger partial charge in [-0.15, -0.1) is 0 Å². The highest BCUT2D eigenvalue weighted by Gasteiger charge is 2.12. The molecule has 0 aliphatic rings. The van der Waals surface area contributed by atoms with Crippen molar-refractivity contribution in [3.8, 4) is 11.5 Å². The zero-order chi connectivity index (χ0) is 15.0. The first kappa shape index (κ1) is 13.4. The first-order valence-electron chi connectivity index (χ1n) is 6.64. The van der Waals surface area contributed by atoms with Crippen molar-refractivity contribution in [3.05, 3.63) is 53.1 Å². The third kappa shape index (κ3) is 2.52. The molecule has 0 aliphatic heterocycles. The number of esters is 1. The Labute approximate surface area is 122 Å². The minimum Gasteiger partial charge on any atom is -0.465 e. The van der Waals surface area contributed by atoms with E-state index in [2.05, 4.69) is 11.1 Å². The molecule has 0 amide bonds. The van der Waals surface area contributed by atoms with Crippen LogP contribution in [0.3, 0.4) is 0 Å². The van der Waals surface area contributed by atoms with E-state index in [4.69, 9.17) is 9.15 Å². The highest BCUT2D eigenvalue weighted by atomic mass is 16.5. The van der Waals surface area contributed by atoms with E-state index in [-0.39, 0.29) is 5.97 Å². The highest BCUT2D eigenvalue weighted by Crippen LogP contribution is 2.26. The lowest BCUT2D eigenvalue weighted by Crippen LogP contribution is -2.00. The Hall–Kier alpha value is -2.62. The van der Waals surface area contributed by atoms with Crippen molar-refractivity contribution < 1.29 is 13.9 Å². The molecule has 3 aromatic rings. The largest absolute Gasteiger partial charge is 0.465 e. The summed E-state index contributed by atoms with van der Waals surface area (Å²) in [4.78, 5) is 16.0. The quantitative estimate of drug-likeness (QED) is 0.668. The first-order valence-corrected chi connectivity index (χ1v) is 6.64. The van der Waals surface area contributed by atoms with Crippen molar-refractivity contribution in [3.63, 3.8) is 0 Å². The molecular weight excluding hydrogens is 266 g/mol. The summed E-state index contributed by atoms with van der Waals surface area (Å²) in [5, 5.41) is 0. The van der Waals surface area contributed by atoms with Crippen LogP contribution in [0, 0.1) is 13.8 Å². The lowest BCUT2D eigenvalue weighted by Gasteiger charge is -2.00. The number of hydrogen-bond donors (Lipinski definition) is 0. The van der Waals surface area contributed by atoms with Gasteiger partial charge < -0.3 is 9.15 Å². The van der Waals surface area contributed by atoms with Crippen LogP contribution < -0.4 is 0 Å². The van der Waals surface area contributed by atoms with Crippen LogP contribution in [0.4, 0.5) is 0 Å². The summed E-state index contributed by atoms with van der Waals surface area (Å²) in [5.74, 6) is 0.167. The number of hydrogen-bond acceptors (Lipinski definition) is 4. The average molecular weight is 281 g/mol. The molecule has 0 spiro atoms. The molecule has 21 heavy (non-hydrogen) atoms. The van der Waals surface area contributed by atoms with E-state index in [1.54, 1.807) is 18.2 Å². The minimum absolute atomic E-state index is 0.388. The average Bonchev–Trinajstić information content (AvgIpc) is 2.88. The highest BCUT2D eigenvalue weighted by molar-refractivity contribution is 5.93. The van der Waals surface area contributed by atoms with Gasteiger partial charge in [-0.25, -0.2) is 9.78 Å². The second-order valence-electron chi connectivity index (χ2n) is 5.07. The van der Waals surface area contributed by atoms with E-state index in [0.717, 1.165) is 22.2 Å². The number of benzene rings is 2. The van der Waals surface area contributed by atoms with Gasteiger partial charge in [-0.2, -0.15) is 0 Å².